The van der Waals surface area contributed by atoms with Gasteiger partial charge in [-0.25, -0.2) is 4.39 Å². The highest BCUT2D eigenvalue weighted by Crippen LogP contribution is 2.24. The van der Waals surface area contributed by atoms with E-state index >= 15 is 0 Å². The second kappa shape index (κ2) is 6.15. The summed E-state index contributed by atoms with van der Waals surface area (Å²) in [5.41, 5.74) is 0.454. The highest BCUT2D eigenvalue weighted by atomic mass is 19.1. The van der Waals surface area contributed by atoms with Crippen molar-refractivity contribution in [3.8, 4) is 5.75 Å². The lowest BCUT2D eigenvalue weighted by Gasteiger charge is -2.23. The lowest BCUT2D eigenvalue weighted by atomic mass is 10.1. The smallest absolute Gasteiger partial charge is 0.163 e. The minimum atomic E-state index is -0.394. The summed E-state index contributed by atoms with van der Waals surface area (Å²) in [4.78, 5) is 11.5. The van der Waals surface area contributed by atoms with Gasteiger partial charge in [0, 0.05) is 13.5 Å². The monoisotopic (exact) mass is 268 g/mol. The fraction of sp³-hybridized carbons (Fsp3) is 0.533. The zero-order valence-corrected chi connectivity index (χ0v) is 12.2. The molecule has 0 saturated carbocycles. The molecule has 0 amide bonds. The summed E-state index contributed by atoms with van der Waals surface area (Å²) < 4.78 is 24.4. The van der Waals surface area contributed by atoms with Crippen LogP contribution in [0.2, 0.25) is 0 Å². The Balaban J connectivity index is 2.83. The van der Waals surface area contributed by atoms with Crippen LogP contribution in [0.1, 0.15) is 43.1 Å². The van der Waals surface area contributed by atoms with E-state index in [1.54, 1.807) is 20.1 Å². The summed E-state index contributed by atoms with van der Waals surface area (Å²) in [6, 6.07) is 2.79. The third-order valence-corrected chi connectivity index (χ3v) is 3.15. The molecule has 1 rings (SSSR count). The average molecular weight is 268 g/mol. The Bertz CT molecular complexity index is 467. The summed E-state index contributed by atoms with van der Waals surface area (Å²) in [5.74, 6) is -0.173. The van der Waals surface area contributed by atoms with Crippen molar-refractivity contribution >= 4 is 5.78 Å². The molecule has 0 atom stereocenters. The fourth-order valence-corrected chi connectivity index (χ4v) is 1.56. The third kappa shape index (κ3) is 4.31. The molecule has 1 aromatic carbocycles. The Morgan fingerprint density at radius 3 is 2.53 bits per heavy atom. The largest absolute Gasteiger partial charge is 0.493 e. The van der Waals surface area contributed by atoms with Gasteiger partial charge < -0.3 is 9.47 Å². The highest BCUT2D eigenvalue weighted by Gasteiger charge is 2.17. The molecule has 3 nitrogen and oxygen atoms in total. The van der Waals surface area contributed by atoms with Gasteiger partial charge in [0.2, 0.25) is 0 Å². The van der Waals surface area contributed by atoms with E-state index in [1.807, 2.05) is 13.8 Å². The Hall–Kier alpha value is -1.42. The number of carbonyl (C=O) groups excluding carboxylic acids is 1. The van der Waals surface area contributed by atoms with Crippen molar-refractivity contribution in [1.82, 2.24) is 0 Å². The van der Waals surface area contributed by atoms with Crippen LogP contribution in [0.4, 0.5) is 4.39 Å². The van der Waals surface area contributed by atoms with Crippen molar-refractivity contribution in [2.75, 3.05) is 13.7 Å². The van der Waals surface area contributed by atoms with Crippen molar-refractivity contribution in [3.05, 3.63) is 29.1 Å². The van der Waals surface area contributed by atoms with Crippen LogP contribution in [0.25, 0.3) is 0 Å². The molecule has 0 N–H and O–H groups in total. The van der Waals surface area contributed by atoms with Crippen molar-refractivity contribution in [2.24, 2.45) is 0 Å². The van der Waals surface area contributed by atoms with Crippen LogP contribution in [-0.4, -0.2) is 25.1 Å². The first-order valence-corrected chi connectivity index (χ1v) is 6.26. The second-order valence-corrected chi connectivity index (χ2v) is 5.22. The fourth-order valence-electron chi connectivity index (χ4n) is 1.56. The van der Waals surface area contributed by atoms with Gasteiger partial charge in [-0.05, 0) is 45.4 Å². The maximum absolute atomic E-state index is 13.5. The Labute approximate surface area is 113 Å². The highest BCUT2D eigenvalue weighted by molar-refractivity contribution is 5.96. The molecule has 19 heavy (non-hydrogen) atoms. The number of methoxy groups -OCH3 is 1. The number of rotatable bonds is 6. The van der Waals surface area contributed by atoms with Gasteiger partial charge >= 0.3 is 0 Å². The molecule has 0 spiro atoms. The van der Waals surface area contributed by atoms with E-state index in [1.165, 1.54) is 13.0 Å². The van der Waals surface area contributed by atoms with Gasteiger partial charge in [0.1, 0.15) is 11.6 Å². The van der Waals surface area contributed by atoms with Gasteiger partial charge in [0.15, 0.2) is 5.78 Å². The van der Waals surface area contributed by atoms with E-state index in [4.69, 9.17) is 9.47 Å². The molecular formula is C15H21FO3. The predicted octanol–water partition coefficient (Wildman–Crippen LogP) is 3.53. The van der Waals surface area contributed by atoms with Crippen LogP contribution >= 0.6 is 0 Å². The molecule has 0 aliphatic carbocycles. The molecule has 0 bridgehead atoms. The maximum atomic E-state index is 13.5. The number of halogens is 1. The molecule has 4 heteroatoms. The number of ketones is 1. The summed E-state index contributed by atoms with van der Waals surface area (Å²) in [6.07, 6.45) is 0.678. The SMILES string of the molecule is COC(C)(C)CCOc1cc(C)c(F)cc1C(C)=O. The van der Waals surface area contributed by atoms with Gasteiger partial charge in [0.05, 0.1) is 17.8 Å². The molecular weight excluding hydrogens is 247 g/mol. The van der Waals surface area contributed by atoms with E-state index in [-0.39, 0.29) is 16.9 Å². The van der Waals surface area contributed by atoms with Crippen LogP contribution in [0.3, 0.4) is 0 Å². The van der Waals surface area contributed by atoms with Gasteiger partial charge in [-0.15, -0.1) is 0 Å². The van der Waals surface area contributed by atoms with E-state index in [0.717, 1.165) is 0 Å². The summed E-state index contributed by atoms with van der Waals surface area (Å²) >= 11 is 0. The van der Waals surface area contributed by atoms with Crippen LogP contribution in [0.5, 0.6) is 5.75 Å². The number of hydrogen-bond acceptors (Lipinski definition) is 3. The Morgan fingerprint density at radius 2 is 2.00 bits per heavy atom. The average Bonchev–Trinajstić information content (AvgIpc) is 2.32. The molecule has 0 saturated heterocycles. The molecule has 0 aliphatic heterocycles. The first kappa shape index (κ1) is 15.6. The van der Waals surface area contributed by atoms with E-state index < -0.39 is 5.82 Å². The van der Waals surface area contributed by atoms with E-state index in [9.17, 15) is 9.18 Å². The molecule has 0 aliphatic rings. The van der Waals surface area contributed by atoms with Gasteiger partial charge in [-0.2, -0.15) is 0 Å². The minimum Gasteiger partial charge on any atom is -0.493 e. The topological polar surface area (TPSA) is 35.5 Å². The summed E-state index contributed by atoms with van der Waals surface area (Å²) in [7, 11) is 1.64. The first-order chi connectivity index (χ1) is 8.76. The van der Waals surface area contributed by atoms with Crippen molar-refractivity contribution in [2.45, 2.75) is 39.7 Å². The number of carbonyl (C=O) groups is 1. The van der Waals surface area contributed by atoms with Gasteiger partial charge in [-0.3, -0.25) is 4.79 Å². The van der Waals surface area contributed by atoms with Crippen molar-refractivity contribution in [3.63, 3.8) is 0 Å². The van der Waals surface area contributed by atoms with E-state index in [0.29, 0.717) is 24.3 Å². The molecule has 0 unspecified atom stereocenters. The van der Waals surface area contributed by atoms with Crippen LogP contribution in [-0.2, 0) is 4.74 Å². The standard InChI is InChI=1S/C15H21FO3/c1-10-8-14(12(11(2)17)9-13(10)16)19-7-6-15(3,4)18-5/h8-9H,6-7H2,1-5H3. The summed E-state index contributed by atoms with van der Waals surface area (Å²) in [5, 5.41) is 0. The molecule has 0 heterocycles. The van der Waals surface area contributed by atoms with Crippen LogP contribution in [0.15, 0.2) is 12.1 Å². The number of Topliss-reactive ketones (excluding diaryl/α,β-unsaturated/α-hetero) is 1. The third-order valence-electron chi connectivity index (χ3n) is 3.15. The first-order valence-electron chi connectivity index (χ1n) is 6.26. The Morgan fingerprint density at radius 1 is 1.37 bits per heavy atom. The number of ether oxygens (including phenoxy) is 2. The molecule has 0 aromatic heterocycles. The molecule has 106 valence electrons. The maximum Gasteiger partial charge on any atom is 0.163 e. The number of benzene rings is 1. The zero-order valence-electron chi connectivity index (χ0n) is 12.2. The molecule has 0 radical (unpaired) electrons. The number of aryl methyl sites for hydroxylation is 1. The Kier molecular flexibility index (Phi) is 5.06. The molecule has 0 fully saturated rings. The normalized spacial score (nSPS) is 11.5. The summed E-state index contributed by atoms with van der Waals surface area (Å²) in [6.45, 7) is 7.36. The van der Waals surface area contributed by atoms with Gasteiger partial charge in [-0.1, -0.05) is 0 Å². The number of hydrogen-bond donors (Lipinski definition) is 0. The van der Waals surface area contributed by atoms with Crippen LogP contribution in [0, 0.1) is 12.7 Å². The van der Waals surface area contributed by atoms with Crippen LogP contribution < -0.4 is 4.74 Å². The second-order valence-electron chi connectivity index (χ2n) is 5.22. The van der Waals surface area contributed by atoms with E-state index in [2.05, 4.69) is 0 Å². The minimum absolute atomic E-state index is 0.208. The lowest BCUT2D eigenvalue weighted by Crippen LogP contribution is -2.25. The van der Waals surface area contributed by atoms with Crippen molar-refractivity contribution in [1.29, 1.82) is 0 Å². The zero-order chi connectivity index (χ0) is 14.6. The lowest BCUT2D eigenvalue weighted by molar-refractivity contribution is 0.00540. The molecule has 1 aromatic rings. The predicted molar refractivity (Wildman–Crippen MR) is 72.3 cm³/mol. The quantitative estimate of drug-likeness (QED) is 0.740. The van der Waals surface area contributed by atoms with Crippen molar-refractivity contribution < 1.29 is 18.7 Å². The van der Waals surface area contributed by atoms with Gasteiger partial charge in [0.25, 0.3) is 0 Å².